The molecule has 2 fully saturated rings. The minimum atomic E-state index is -0.989. The Balaban J connectivity index is 1.50. The predicted molar refractivity (Wildman–Crippen MR) is 94.6 cm³/mol. The highest BCUT2D eigenvalue weighted by Crippen LogP contribution is 2.23. The number of hydrogen-bond acceptors (Lipinski definition) is 3. The summed E-state index contributed by atoms with van der Waals surface area (Å²) in [6, 6.07) is 2.90. The van der Waals surface area contributed by atoms with E-state index in [1.165, 1.54) is 6.07 Å². The normalized spacial score (nSPS) is 20.2. The molecule has 2 aliphatic rings. The number of rotatable bonds is 4. The first kappa shape index (κ1) is 18.8. The number of carbonyl (C=O) groups is 2. The first-order valence-corrected chi connectivity index (χ1v) is 9.24. The minimum absolute atomic E-state index is 0.0470. The molecule has 0 bridgehead atoms. The third kappa shape index (κ3) is 4.20. The minimum Gasteiger partial charge on any atom is -0.342 e. The summed E-state index contributed by atoms with van der Waals surface area (Å²) in [6.45, 7) is 4.88. The lowest BCUT2D eigenvalue weighted by atomic mass is 9.94. The summed E-state index contributed by atoms with van der Waals surface area (Å²) in [5.74, 6) is -1.90. The summed E-state index contributed by atoms with van der Waals surface area (Å²) in [4.78, 5) is 28.9. The second-order valence-electron chi connectivity index (χ2n) is 7.14. The van der Waals surface area contributed by atoms with Gasteiger partial charge in [0.2, 0.25) is 11.8 Å². The largest absolute Gasteiger partial charge is 0.342 e. The molecule has 2 amide bonds. The second kappa shape index (κ2) is 8.12. The maximum absolute atomic E-state index is 13.3. The lowest BCUT2D eigenvalue weighted by Crippen LogP contribution is -2.48. The molecule has 1 aromatic rings. The lowest BCUT2D eigenvalue weighted by molar-refractivity contribution is -0.136. The third-order valence-corrected chi connectivity index (χ3v) is 5.41. The molecule has 2 saturated heterocycles. The van der Waals surface area contributed by atoms with Crippen molar-refractivity contribution in [1.82, 2.24) is 9.80 Å². The molecule has 1 N–H and O–H groups in total. The summed E-state index contributed by atoms with van der Waals surface area (Å²) in [7, 11) is 0. The Morgan fingerprint density at radius 2 is 1.73 bits per heavy atom. The number of amides is 2. The van der Waals surface area contributed by atoms with Crippen molar-refractivity contribution in [3.8, 4) is 0 Å². The fraction of sp³-hybridized carbons (Fsp3) is 0.579. The number of anilines is 1. The molecule has 0 spiro atoms. The van der Waals surface area contributed by atoms with Crippen LogP contribution in [0.5, 0.6) is 0 Å². The van der Waals surface area contributed by atoms with Gasteiger partial charge >= 0.3 is 0 Å². The maximum Gasteiger partial charge on any atom is 0.241 e. The molecular weight excluding hydrogens is 340 g/mol. The molecular formula is C19H25F2N3O2. The molecule has 1 unspecified atom stereocenters. The van der Waals surface area contributed by atoms with Gasteiger partial charge in [0.25, 0.3) is 0 Å². The fourth-order valence-electron chi connectivity index (χ4n) is 3.72. The molecule has 142 valence electrons. The number of nitrogens with zero attached hydrogens (tertiary/aromatic N) is 2. The van der Waals surface area contributed by atoms with E-state index in [1.807, 2.05) is 9.80 Å². The maximum atomic E-state index is 13.3. The molecule has 3 rings (SSSR count). The Kier molecular flexibility index (Phi) is 5.86. The zero-order valence-electron chi connectivity index (χ0n) is 15.0. The van der Waals surface area contributed by atoms with E-state index in [0.29, 0.717) is 13.1 Å². The number of nitrogens with one attached hydrogen (secondary N) is 1. The van der Waals surface area contributed by atoms with E-state index in [9.17, 15) is 18.4 Å². The van der Waals surface area contributed by atoms with Crippen LogP contribution in [0.25, 0.3) is 0 Å². The van der Waals surface area contributed by atoms with Gasteiger partial charge < -0.3 is 10.2 Å². The van der Waals surface area contributed by atoms with Crippen molar-refractivity contribution in [1.29, 1.82) is 0 Å². The number of hydrogen-bond donors (Lipinski definition) is 1. The van der Waals surface area contributed by atoms with Crippen molar-refractivity contribution in [3.63, 3.8) is 0 Å². The summed E-state index contributed by atoms with van der Waals surface area (Å²) in [5, 5.41) is 2.62. The van der Waals surface area contributed by atoms with E-state index >= 15 is 0 Å². The lowest BCUT2D eigenvalue weighted by Gasteiger charge is -2.36. The number of carbonyl (C=O) groups excluding carboxylic acids is 2. The van der Waals surface area contributed by atoms with E-state index in [-0.39, 0.29) is 23.4 Å². The second-order valence-corrected chi connectivity index (χ2v) is 7.14. The molecule has 0 saturated carbocycles. The van der Waals surface area contributed by atoms with E-state index < -0.39 is 17.7 Å². The zero-order valence-corrected chi connectivity index (χ0v) is 15.0. The number of halogens is 2. The summed E-state index contributed by atoms with van der Waals surface area (Å²) in [5.41, 5.74) is 0.236. The Morgan fingerprint density at radius 1 is 1.08 bits per heavy atom. The van der Waals surface area contributed by atoms with Gasteiger partial charge in [-0.25, -0.2) is 8.78 Å². The van der Waals surface area contributed by atoms with Crippen LogP contribution in [0.1, 0.15) is 32.6 Å². The van der Waals surface area contributed by atoms with Crippen LogP contribution in [0.4, 0.5) is 14.5 Å². The van der Waals surface area contributed by atoms with Crippen LogP contribution in [0.15, 0.2) is 18.2 Å². The van der Waals surface area contributed by atoms with Crippen LogP contribution in [0.3, 0.4) is 0 Å². The summed E-state index contributed by atoms with van der Waals surface area (Å²) in [6.07, 6.45) is 3.67. The predicted octanol–water partition coefficient (Wildman–Crippen LogP) is 2.63. The fourth-order valence-corrected chi connectivity index (χ4v) is 3.72. The SMILES string of the molecule is CC(C(=O)Nc1ccc(F)c(F)c1)N1CCC(C(=O)N2CCCC2)CC1. The Hall–Kier alpha value is -2.02. The van der Waals surface area contributed by atoms with Crippen LogP contribution in [0, 0.1) is 17.6 Å². The molecule has 5 nitrogen and oxygen atoms in total. The molecule has 1 atom stereocenters. The van der Waals surface area contributed by atoms with Crippen molar-refractivity contribution in [2.24, 2.45) is 5.92 Å². The van der Waals surface area contributed by atoms with Crippen LogP contribution >= 0.6 is 0 Å². The number of piperidine rings is 1. The van der Waals surface area contributed by atoms with Crippen LogP contribution in [-0.4, -0.2) is 53.8 Å². The third-order valence-electron chi connectivity index (χ3n) is 5.41. The molecule has 0 aromatic heterocycles. The molecule has 0 radical (unpaired) electrons. The molecule has 1 aromatic carbocycles. The Morgan fingerprint density at radius 3 is 2.35 bits per heavy atom. The van der Waals surface area contributed by atoms with Gasteiger partial charge in [-0.1, -0.05) is 0 Å². The van der Waals surface area contributed by atoms with E-state index in [1.54, 1.807) is 6.92 Å². The Labute approximate surface area is 152 Å². The average molecular weight is 365 g/mol. The molecule has 0 aliphatic carbocycles. The van der Waals surface area contributed by atoms with Gasteiger partial charge in [-0.3, -0.25) is 14.5 Å². The van der Waals surface area contributed by atoms with Crippen molar-refractivity contribution in [3.05, 3.63) is 29.8 Å². The van der Waals surface area contributed by atoms with E-state index in [0.717, 1.165) is 50.9 Å². The van der Waals surface area contributed by atoms with Gasteiger partial charge in [0.1, 0.15) is 0 Å². The van der Waals surface area contributed by atoms with Gasteiger partial charge in [-0.05, 0) is 57.8 Å². The van der Waals surface area contributed by atoms with Gasteiger partial charge in [0.15, 0.2) is 11.6 Å². The van der Waals surface area contributed by atoms with Crippen LogP contribution in [0.2, 0.25) is 0 Å². The van der Waals surface area contributed by atoms with E-state index in [4.69, 9.17) is 0 Å². The van der Waals surface area contributed by atoms with Crippen molar-refractivity contribution in [2.45, 2.75) is 38.6 Å². The highest BCUT2D eigenvalue weighted by atomic mass is 19.2. The number of likely N-dealkylation sites (tertiary alicyclic amines) is 2. The van der Waals surface area contributed by atoms with Gasteiger partial charge in [0, 0.05) is 30.8 Å². The quantitative estimate of drug-likeness (QED) is 0.892. The molecule has 2 heterocycles. The van der Waals surface area contributed by atoms with Crippen molar-refractivity contribution >= 4 is 17.5 Å². The van der Waals surface area contributed by atoms with Gasteiger partial charge in [-0.15, -0.1) is 0 Å². The first-order chi connectivity index (χ1) is 12.5. The standard InChI is InChI=1S/C19H25F2N3O2/c1-13(18(25)22-15-4-5-16(20)17(21)12-15)23-10-6-14(7-11-23)19(26)24-8-2-3-9-24/h4-5,12-14H,2-3,6-11H2,1H3,(H,22,25). The number of benzene rings is 1. The van der Waals surface area contributed by atoms with Crippen LogP contribution in [-0.2, 0) is 9.59 Å². The van der Waals surface area contributed by atoms with Crippen LogP contribution < -0.4 is 5.32 Å². The Bertz CT molecular complexity index is 669. The monoisotopic (exact) mass is 365 g/mol. The molecule has 7 heteroatoms. The van der Waals surface area contributed by atoms with Crippen molar-refractivity contribution in [2.75, 3.05) is 31.5 Å². The highest BCUT2D eigenvalue weighted by molar-refractivity contribution is 5.94. The average Bonchev–Trinajstić information content (AvgIpc) is 3.18. The van der Waals surface area contributed by atoms with Gasteiger partial charge in [0.05, 0.1) is 6.04 Å². The first-order valence-electron chi connectivity index (χ1n) is 9.24. The summed E-state index contributed by atoms with van der Waals surface area (Å²) < 4.78 is 26.2. The molecule has 2 aliphatic heterocycles. The topological polar surface area (TPSA) is 52.7 Å². The highest BCUT2D eigenvalue weighted by Gasteiger charge is 2.32. The smallest absolute Gasteiger partial charge is 0.241 e. The van der Waals surface area contributed by atoms with Crippen molar-refractivity contribution < 1.29 is 18.4 Å². The summed E-state index contributed by atoms with van der Waals surface area (Å²) >= 11 is 0. The van der Waals surface area contributed by atoms with E-state index in [2.05, 4.69) is 5.32 Å². The zero-order chi connectivity index (χ0) is 18.7. The van der Waals surface area contributed by atoms with Gasteiger partial charge in [-0.2, -0.15) is 0 Å². The molecule has 26 heavy (non-hydrogen) atoms.